The van der Waals surface area contributed by atoms with E-state index < -0.39 is 0 Å². The normalized spacial score (nSPS) is 23.8. The van der Waals surface area contributed by atoms with Crippen molar-refractivity contribution in [3.8, 4) is 0 Å². The Balaban J connectivity index is 1.99. The predicted octanol–water partition coefficient (Wildman–Crippen LogP) is -0.0743. The molecule has 2 heterocycles. The summed E-state index contributed by atoms with van der Waals surface area (Å²) in [6.07, 6.45) is 2.91. The Kier molecular flexibility index (Phi) is 4.09. The molecule has 2 rings (SSSR count). The summed E-state index contributed by atoms with van der Waals surface area (Å²) >= 11 is 0. The van der Waals surface area contributed by atoms with E-state index in [0.717, 1.165) is 38.4 Å². The van der Waals surface area contributed by atoms with Gasteiger partial charge in [-0.25, -0.2) is 0 Å². The van der Waals surface area contributed by atoms with Gasteiger partial charge in [0.2, 0.25) is 0 Å². The van der Waals surface area contributed by atoms with Crippen LogP contribution >= 0.6 is 0 Å². The highest BCUT2D eigenvalue weighted by atomic mass is 16.5. The highest BCUT2D eigenvalue weighted by Gasteiger charge is 2.28. The lowest BCUT2D eigenvalue weighted by Gasteiger charge is -2.35. The van der Waals surface area contributed by atoms with Crippen molar-refractivity contribution in [2.75, 3.05) is 26.2 Å². The first-order valence-corrected chi connectivity index (χ1v) is 6.16. The zero-order valence-corrected chi connectivity index (χ0v) is 10.5. The molecule has 0 bridgehead atoms. The largest absolute Gasteiger partial charge is 0.374 e. The summed E-state index contributed by atoms with van der Waals surface area (Å²) < 4.78 is 7.47. The summed E-state index contributed by atoms with van der Waals surface area (Å²) in [7, 11) is 1.86. The minimum absolute atomic E-state index is 0.0347. The average Bonchev–Trinajstić information content (AvgIpc) is 2.75. The third-order valence-electron chi connectivity index (χ3n) is 3.21. The number of nitrogens with two attached hydrogens (primary N) is 1. The number of hydrogen-bond acceptors (Lipinski definition) is 5. The van der Waals surface area contributed by atoms with Crippen LogP contribution in [0.5, 0.6) is 0 Å². The molecule has 1 aliphatic rings. The predicted molar refractivity (Wildman–Crippen MR) is 64.4 cm³/mol. The van der Waals surface area contributed by atoms with Crippen LogP contribution in [-0.4, -0.2) is 52.2 Å². The van der Waals surface area contributed by atoms with Crippen molar-refractivity contribution in [1.82, 2.24) is 19.9 Å². The molecule has 1 aliphatic heterocycles. The van der Waals surface area contributed by atoms with Crippen LogP contribution in [0.1, 0.15) is 25.1 Å². The lowest BCUT2D eigenvalue weighted by molar-refractivity contribution is -0.0418. The monoisotopic (exact) mass is 239 g/mol. The standard InChI is InChI=1S/C11H21N5O/c1-3-4-16-5-6-17-10(8-16)11(12)9-7-13-14-15(9)2/h7,10-11H,3-6,8,12H2,1-2H3. The van der Waals surface area contributed by atoms with Gasteiger partial charge in [-0.2, -0.15) is 0 Å². The van der Waals surface area contributed by atoms with Crippen molar-refractivity contribution >= 4 is 0 Å². The summed E-state index contributed by atoms with van der Waals surface area (Å²) in [6, 6.07) is -0.158. The second-order valence-corrected chi connectivity index (χ2v) is 4.52. The van der Waals surface area contributed by atoms with Gasteiger partial charge in [0.15, 0.2) is 0 Å². The maximum Gasteiger partial charge on any atom is 0.0910 e. The molecule has 0 spiro atoms. The van der Waals surface area contributed by atoms with E-state index in [0.29, 0.717) is 0 Å². The van der Waals surface area contributed by atoms with E-state index >= 15 is 0 Å². The third-order valence-corrected chi connectivity index (χ3v) is 3.21. The zero-order valence-electron chi connectivity index (χ0n) is 10.5. The fourth-order valence-corrected chi connectivity index (χ4v) is 2.26. The number of aromatic nitrogens is 3. The summed E-state index contributed by atoms with van der Waals surface area (Å²) in [6.45, 7) is 5.94. The van der Waals surface area contributed by atoms with Crippen molar-refractivity contribution in [1.29, 1.82) is 0 Å². The number of hydrogen-bond donors (Lipinski definition) is 1. The van der Waals surface area contributed by atoms with Crippen molar-refractivity contribution in [2.24, 2.45) is 12.8 Å². The Bertz CT molecular complexity index is 351. The van der Waals surface area contributed by atoms with Gasteiger partial charge in [-0.15, -0.1) is 5.10 Å². The van der Waals surface area contributed by atoms with Gasteiger partial charge in [-0.1, -0.05) is 12.1 Å². The van der Waals surface area contributed by atoms with Gasteiger partial charge < -0.3 is 10.5 Å². The Hall–Kier alpha value is -0.980. The SMILES string of the molecule is CCCN1CCOC(C(N)c2cnnn2C)C1. The highest BCUT2D eigenvalue weighted by molar-refractivity contribution is 5.04. The Morgan fingerprint density at radius 2 is 2.47 bits per heavy atom. The smallest absolute Gasteiger partial charge is 0.0910 e. The number of nitrogens with zero attached hydrogens (tertiary/aromatic N) is 4. The second-order valence-electron chi connectivity index (χ2n) is 4.52. The van der Waals surface area contributed by atoms with E-state index in [1.807, 2.05) is 7.05 Å². The number of ether oxygens (including phenoxy) is 1. The van der Waals surface area contributed by atoms with Crippen molar-refractivity contribution in [3.05, 3.63) is 11.9 Å². The van der Waals surface area contributed by atoms with Crippen LogP contribution in [0.25, 0.3) is 0 Å². The molecule has 0 amide bonds. The van der Waals surface area contributed by atoms with Crippen molar-refractivity contribution in [3.63, 3.8) is 0 Å². The molecule has 6 heteroatoms. The molecular formula is C11H21N5O. The van der Waals surface area contributed by atoms with Crippen LogP contribution in [0, 0.1) is 0 Å². The van der Waals surface area contributed by atoms with E-state index in [4.69, 9.17) is 10.5 Å². The van der Waals surface area contributed by atoms with Gasteiger partial charge in [0.05, 0.1) is 30.6 Å². The van der Waals surface area contributed by atoms with Crippen LogP contribution in [-0.2, 0) is 11.8 Å². The zero-order chi connectivity index (χ0) is 12.3. The molecule has 1 saturated heterocycles. The summed E-state index contributed by atoms with van der Waals surface area (Å²) in [5, 5.41) is 7.76. The second kappa shape index (κ2) is 5.57. The van der Waals surface area contributed by atoms with Crippen molar-refractivity contribution < 1.29 is 4.74 Å². The van der Waals surface area contributed by atoms with Crippen molar-refractivity contribution in [2.45, 2.75) is 25.5 Å². The Morgan fingerprint density at radius 3 is 3.12 bits per heavy atom. The first-order valence-electron chi connectivity index (χ1n) is 6.16. The maximum atomic E-state index is 6.22. The Labute approximate surface area is 102 Å². The molecule has 1 aromatic rings. The van der Waals surface area contributed by atoms with E-state index in [1.54, 1.807) is 10.9 Å². The Morgan fingerprint density at radius 1 is 1.65 bits per heavy atom. The molecule has 2 unspecified atom stereocenters. The van der Waals surface area contributed by atoms with Crippen LogP contribution in [0.4, 0.5) is 0 Å². The topological polar surface area (TPSA) is 69.2 Å². The third kappa shape index (κ3) is 2.83. The fraction of sp³-hybridized carbons (Fsp3) is 0.818. The molecular weight excluding hydrogens is 218 g/mol. The molecule has 6 nitrogen and oxygen atoms in total. The number of aryl methyl sites for hydroxylation is 1. The number of rotatable bonds is 4. The number of morpholine rings is 1. The van der Waals surface area contributed by atoms with E-state index in [9.17, 15) is 0 Å². The van der Waals surface area contributed by atoms with E-state index in [2.05, 4.69) is 22.1 Å². The molecule has 0 aliphatic carbocycles. The minimum atomic E-state index is -0.158. The summed E-state index contributed by atoms with van der Waals surface area (Å²) in [5.41, 5.74) is 7.15. The molecule has 0 saturated carbocycles. The van der Waals surface area contributed by atoms with Gasteiger partial charge in [0.1, 0.15) is 0 Å². The highest BCUT2D eigenvalue weighted by Crippen LogP contribution is 2.19. The molecule has 2 N–H and O–H groups in total. The summed E-state index contributed by atoms with van der Waals surface area (Å²) in [4.78, 5) is 2.40. The fourth-order valence-electron chi connectivity index (χ4n) is 2.26. The maximum absolute atomic E-state index is 6.22. The molecule has 0 radical (unpaired) electrons. The molecule has 2 atom stereocenters. The molecule has 96 valence electrons. The molecule has 1 aromatic heterocycles. The van der Waals surface area contributed by atoms with Crippen LogP contribution in [0.2, 0.25) is 0 Å². The van der Waals surface area contributed by atoms with Crippen LogP contribution in [0.3, 0.4) is 0 Å². The lowest BCUT2D eigenvalue weighted by atomic mass is 10.1. The quantitative estimate of drug-likeness (QED) is 0.796. The van der Waals surface area contributed by atoms with Crippen LogP contribution < -0.4 is 5.73 Å². The van der Waals surface area contributed by atoms with Gasteiger partial charge in [0, 0.05) is 20.1 Å². The lowest BCUT2D eigenvalue weighted by Crippen LogP contribution is -2.47. The van der Waals surface area contributed by atoms with Gasteiger partial charge in [-0.3, -0.25) is 9.58 Å². The first-order chi connectivity index (χ1) is 8.22. The summed E-state index contributed by atoms with van der Waals surface area (Å²) in [5.74, 6) is 0. The molecule has 0 aromatic carbocycles. The van der Waals surface area contributed by atoms with E-state index in [1.165, 1.54) is 0 Å². The van der Waals surface area contributed by atoms with Gasteiger partial charge in [-0.05, 0) is 13.0 Å². The first kappa shape index (κ1) is 12.5. The minimum Gasteiger partial charge on any atom is -0.374 e. The molecule has 17 heavy (non-hydrogen) atoms. The van der Waals surface area contributed by atoms with Crippen LogP contribution in [0.15, 0.2) is 6.20 Å². The molecule has 1 fully saturated rings. The average molecular weight is 239 g/mol. The van der Waals surface area contributed by atoms with E-state index in [-0.39, 0.29) is 12.1 Å². The van der Waals surface area contributed by atoms with Gasteiger partial charge >= 0.3 is 0 Å². The van der Waals surface area contributed by atoms with Gasteiger partial charge in [0.25, 0.3) is 0 Å².